The maximum Gasteiger partial charge on any atom is 0.306 e. The summed E-state index contributed by atoms with van der Waals surface area (Å²) in [5.74, 6) is -0.461. The Hall–Kier alpha value is -0.570. The molecule has 0 atom stereocenters. The van der Waals surface area contributed by atoms with Crippen molar-refractivity contribution in [3.63, 3.8) is 0 Å². The van der Waals surface area contributed by atoms with Gasteiger partial charge in [-0.15, -0.1) is 0 Å². The number of hydrogen-bond donors (Lipinski definition) is 0. The van der Waals surface area contributed by atoms with Crippen LogP contribution in [0.2, 0.25) is 0 Å². The lowest BCUT2D eigenvalue weighted by Gasteiger charge is -1.99. The van der Waals surface area contributed by atoms with Crippen molar-refractivity contribution in [2.45, 2.75) is 12.8 Å². The minimum absolute atomic E-state index is 0.450. The number of unbranched alkanes of at least 4 members (excludes halogenated alkanes) is 1. The summed E-state index contributed by atoms with van der Waals surface area (Å²) in [4.78, 5) is 10.1. The molecule has 0 saturated heterocycles. The topological polar surface area (TPSA) is 35.5 Å². The van der Waals surface area contributed by atoms with Crippen LogP contribution in [0.4, 0.5) is 0 Å². The second kappa shape index (κ2) is 6.55. The molecule has 0 spiro atoms. The summed E-state index contributed by atoms with van der Waals surface area (Å²) < 4.78 is 9.38. The molecule has 59 valence electrons. The lowest BCUT2D eigenvalue weighted by Crippen LogP contribution is -2.01. The summed E-state index contributed by atoms with van der Waals surface area (Å²) in [6.45, 7) is 4.23. The van der Waals surface area contributed by atoms with Crippen molar-refractivity contribution in [3.8, 4) is 0 Å². The van der Waals surface area contributed by atoms with E-state index in [2.05, 4.69) is 11.7 Å². The molecule has 0 saturated carbocycles. The highest BCUT2D eigenvalue weighted by molar-refractivity contribution is 5.73. The van der Waals surface area contributed by atoms with Gasteiger partial charge in [-0.1, -0.05) is 0 Å². The number of carbonyl (C=O) groups excluding carboxylic acids is 1. The molecule has 0 bridgehead atoms. The molecule has 0 aliphatic rings. The molecule has 0 aliphatic carbocycles. The molecule has 0 aromatic carbocycles. The third-order valence-corrected chi connectivity index (χ3v) is 1.01. The first kappa shape index (κ1) is 9.43. The maximum absolute atomic E-state index is 10.1. The minimum Gasteiger partial charge on any atom is -0.466 e. The number of esters is 1. The third-order valence-electron chi connectivity index (χ3n) is 1.01. The van der Waals surface area contributed by atoms with Gasteiger partial charge in [0.2, 0.25) is 0 Å². The van der Waals surface area contributed by atoms with E-state index in [0.717, 1.165) is 12.8 Å². The van der Waals surface area contributed by atoms with Gasteiger partial charge in [-0.3, -0.25) is 4.79 Å². The number of hydrogen-bond acceptors (Lipinski definition) is 3. The molecule has 0 aromatic rings. The molecule has 0 N–H and O–H groups in total. The van der Waals surface area contributed by atoms with Gasteiger partial charge in [0, 0.05) is 13.7 Å². The van der Waals surface area contributed by atoms with Crippen molar-refractivity contribution >= 4 is 5.97 Å². The Morgan fingerprint density at radius 3 is 2.50 bits per heavy atom. The van der Waals surface area contributed by atoms with Gasteiger partial charge in [-0.25, -0.2) is 0 Å². The highest BCUT2D eigenvalue weighted by atomic mass is 16.5. The molecule has 0 amide bonds. The lowest BCUT2D eigenvalue weighted by molar-refractivity contribution is -0.138. The largest absolute Gasteiger partial charge is 0.466 e. The van der Waals surface area contributed by atoms with Crippen molar-refractivity contribution in [1.29, 1.82) is 0 Å². The minimum atomic E-state index is -0.461. The Labute approximate surface area is 61.3 Å². The smallest absolute Gasteiger partial charge is 0.306 e. The first-order valence-electron chi connectivity index (χ1n) is 3.25. The molecule has 0 aliphatic heterocycles. The summed E-state index contributed by atoms with van der Waals surface area (Å²) in [6.07, 6.45) is 1.76. The number of methoxy groups -OCH3 is 1. The van der Waals surface area contributed by atoms with Gasteiger partial charge in [0.15, 0.2) is 0 Å². The van der Waals surface area contributed by atoms with Gasteiger partial charge in [0.1, 0.15) is 0 Å². The van der Waals surface area contributed by atoms with Crippen LogP contribution in [0, 0.1) is 6.92 Å². The molecular weight excluding hydrogens is 132 g/mol. The van der Waals surface area contributed by atoms with Crippen LogP contribution in [0.5, 0.6) is 0 Å². The molecular formula is C7H13O3. The van der Waals surface area contributed by atoms with Crippen LogP contribution in [0.25, 0.3) is 0 Å². The predicted octanol–water partition coefficient (Wildman–Crippen LogP) is 0.790. The van der Waals surface area contributed by atoms with Crippen LogP contribution >= 0.6 is 0 Å². The van der Waals surface area contributed by atoms with Crippen molar-refractivity contribution in [2.24, 2.45) is 0 Å². The molecule has 0 heterocycles. The lowest BCUT2D eigenvalue weighted by atomic mass is 10.3. The number of rotatable bonds is 5. The average Bonchev–Trinajstić information content (AvgIpc) is 1.87. The van der Waals surface area contributed by atoms with E-state index in [0.29, 0.717) is 13.2 Å². The fourth-order valence-corrected chi connectivity index (χ4v) is 0.534. The zero-order valence-electron chi connectivity index (χ0n) is 6.26. The number of ether oxygens (including phenoxy) is 2. The third kappa shape index (κ3) is 7.43. The highest BCUT2D eigenvalue weighted by Gasteiger charge is 1.91. The fraction of sp³-hybridized carbons (Fsp3) is 0.714. The maximum atomic E-state index is 10.1. The SMILES string of the molecule is [CH2]C(=O)OCCCCOC. The Bertz CT molecular complexity index is 90.9. The van der Waals surface area contributed by atoms with Crippen molar-refractivity contribution in [1.82, 2.24) is 0 Å². The second-order valence-electron chi connectivity index (χ2n) is 1.92. The van der Waals surface area contributed by atoms with Gasteiger partial charge in [-0.05, 0) is 12.8 Å². The van der Waals surface area contributed by atoms with Crippen molar-refractivity contribution in [3.05, 3.63) is 6.92 Å². The van der Waals surface area contributed by atoms with Gasteiger partial charge in [0.05, 0.1) is 13.5 Å². The average molecular weight is 145 g/mol. The summed E-state index contributed by atoms with van der Waals surface area (Å²) in [5, 5.41) is 0. The Balaban J connectivity index is 2.84. The first-order valence-corrected chi connectivity index (χ1v) is 3.25. The predicted molar refractivity (Wildman–Crippen MR) is 37.4 cm³/mol. The number of carbonyl (C=O) groups is 1. The van der Waals surface area contributed by atoms with Crippen LogP contribution in [0.1, 0.15) is 12.8 Å². The standard InChI is InChI=1S/C7H13O3/c1-7(8)10-6-4-3-5-9-2/h1,3-6H2,2H3. The first-order chi connectivity index (χ1) is 4.77. The van der Waals surface area contributed by atoms with Crippen LogP contribution in [0.3, 0.4) is 0 Å². The normalized spacial score (nSPS) is 9.40. The Kier molecular flexibility index (Phi) is 6.18. The molecule has 0 fully saturated rings. The summed E-state index contributed by atoms with van der Waals surface area (Å²) in [7, 11) is 1.65. The second-order valence-corrected chi connectivity index (χ2v) is 1.92. The van der Waals surface area contributed by atoms with Crippen molar-refractivity contribution < 1.29 is 14.3 Å². The van der Waals surface area contributed by atoms with Gasteiger partial charge in [0.25, 0.3) is 0 Å². The molecule has 3 heteroatoms. The zero-order valence-corrected chi connectivity index (χ0v) is 6.26. The van der Waals surface area contributed by atoms with E-state index in [4.69, 9.17) is 4.74 Å². The van der Waals surface area contributed by atoms with E-state index in [1.54, 1.807) is 7.11 Å². The van der Waals surface area contributed by atoms with E-state index in [1.807, 2.05) is 0 Å². The van der Waals surface area contributed by atoms with Crippen LogP contribution in [-0.4, -0.2) is 26.3 Å². The van der Waals surface area contributed by atoms with Crippen LogP contribution in [0.15, 0.2) is 0 Å². The van der Waals surface area contributed by atoms with E-state index >= 15 is 0 Å². The molecule has 0 aromatic heterocycles. The molecule has 3 nitrogen and oxygen atoms in total. The molecule has 0 unspecified atom stereocenters. The van der Waals surface area contributed by atoms with Gasteiger partial charge >= 0.3 is 5.97 Å². The van der Waals surface area contributed by atoms with Gasteiger partial charge in [-0.2, -0.15) is 0 Å². The van der Waals surface area contributed by atoms with Gasteiger partial charge < -0.3 is 9.47 Å². The van der Waals surface area contributed by atoms with E-state index in [1.165, 1.54) is 0 Å². The summed E-state index contributed by atoms with van der Waals surface area (Å²) >= 11 is 0. The molecule has 1 radical (unpaired) electrons. The molecule has 10 heavy (non-hydrogen) atoms. The fourth-order valence-electron chi connectivity index (χ4n) is 0.534. The quantitative estimate of drug-likeness (QED) is 0.424. The highest BCUT2D eigenvalue weighted by Crippen LogP contribution is 1.89. The Morgan fingerprint density at radius 2 is 2.00 bits per heavy atom. The van der Waals surface area contributed by atoms with E-state index in [-0.39, 0.29) is 0 Å². The van der Waals surface area contributed by atoms with Crippen LogP contribution < -0.4 is 0 Å². The van der Waals surface area contributed by atoms with E-state index < -0.39 is 5.97 Å². The summed E-state index contributed by atoms with van der Waals surface area (Å²) in [5.41, 5.74) is 0. The zero-order chi connectivity index (χ0) is 7.82. The van der Waals surface area contributed by atoms with Crippen molar-refractivity contribution in [2.75, 3.05) is 20.3 Å². The van der Waals surface area contributed by atoms with E-state index in [9.17, 15) is 4.79 Å². The van der Waals surface area contributed by atoms with Crippen LogP contribution in [-0.2, 0) is 14.3 Å². The Morgan fingerprint density at radius 1 is 1.40 bits per heavy atom. The molecule has 0 rings (SSSR count). The monoisotopic (exact) mass is 145 g/mol. The summed E-state index contributed by atoms with van der Waals surface area (Å²) in [6, 6.07) is 0.